The summed E-state index contributed by atoms with van der Waals surface area (Å²) >= 11 is 0. The summed E-state index contributed by atoms with van der Waals surface area (Å²) in [7, 11) is 1.30. The average molecular weight is 313 g/mol. The third-order valence-corrected chi connectivity index (χ3v) is 3.85. The van der Waals surface area contributed by atoms with Crippen molar-refractivity contribution in [3.05, 3.63) is 63.3 Å². The summed E-state index contributed by atoms with van der Waals surface area (Å²) in [5.74, 6) is -0.635. The van der Waals surface area contributed by atoms with Crippen LogP contribution in [0.3, 0.4) is 0 Å². The molecule has 0 bridgehead atoms. The lowest BCUT2D eigenvalue weighted by Gasteiger charge is -2.27. The zero-order valence-electron chi connectivity index (χ0n) is 12.5. The molecule has 0 atom stereocenters. The Morgan fingerprint density at radius 2 is 1.91 bits per heavy atom. The quantitative estimate of drug-likeness (QED) is 0.826. The van der Waals surface area contributed by atoms with Crippen molar-refractivity contribution in [1.29, 1.82) is 0 Å². The first-order valence-electron chi connectivity index (χ1n) is 7.13. The number of fused-ring (bicyclic) bond motifs is 1. The van der Waals surface area contributed by atoms with E-state index >= 15 is 0 Å². The fourth-order valence-corrected chi connectivity index (χ4v) is 2.58. The van der Waals surface area contributed by atoms with Crippen LogP contribution in [-0.2, 0) is 17.7 Å². The van der Waals surface area contributed by atoms with E-state index < -0.39 is 5.97 Å². The lowest BCUT2D eigenvalue weighted by atomic mass is 10.1. The fraction of sp³-hybridized carbons (Fsp3) is 0.250. The molecule has 2 heterocycles. The maximum absolute atomic E-state index is 12.5. The van der Waals surface area contributed by atoms with Crippen molar-refractivity contribution >= 4 is 11.9 Å². The zero-order chi connectivity index (χ0) is 16.4. The largest absolute Gasteiger partial charge is 0.465 e. The van der Waals surface area contributed by atoms with Crippen LogP contribution in [0.15, 0.2) is 35.4 Å². The number of H-pyrrole nitrogens is 1. The van der Waals surface area contributed by atoms with Crippen LogP contribution in [-0.4, -0.2) is 40.4 Å². The summed E-state index contributed by atoms with van der Waals surface area (Å²) in [5, 5.41) is 0. The Morgan fingerprint density at radius 3 is 2.61 bits per heavy atom. The van der Waals surface area contributed by atoms with Crippen LogP contribution in [0.5, 0.6) is 0 Å². The third-order valence-electron chi connectivity index (χ3n) is 3.85. The number of nitrogens with one attached hydrogen (secondary N) is 1. The van der Waals surface area contributed by atoms with Crippen LogP contribution in [0.4, 0.5) is 0 Å². The first kappa shape index (κ1) is 15.0. The second-order valence-corrected chi connectivity index (χ2v) is 5.20. The molecule has 23 heavy (non-hydrogen) atoms. The highest BCUT2D eigenvalue weighted by Gasteiger charge is 2.24. The van der Waals surface area contributed by atoms with Gasteiger partial charge in [0, 0.05) is 18.5 Å². The molecule has 0 aliphatic carbocycles. The molecule has 0 fully saturated rings. The molecule has 1 amide bonds. The van der Waals surface area contributed by atoms with E-state index in [2.05, 4.69) is 14.7 Å². The summed E-state index contributed by atoms with van der Waals surface area (Å²) < 4.78 is 4.63. The van der Waals surface area contributed by atoms with E-state index in [1.165, 1.54) is 13.4 Å². The lowest BCUT2D eigenvalue weighted by Crippen LogP contribution is -2.39. The molecule has 1 aliphatic rings. The SMILES string of the molecule is COC(=O)c1ccc(C(=O)N2CCc3nc[nH]c(=O)c3C2)cc1. The molecule has 0 radical (unpaired) electrons. The lowest BCUT2D eigenvalue weighted by molar-refractivity contribution is 0.0599. The fourth-order valence-electron chi connectivity index (χ4n) is 2.58. The van der Waals surface area contributed by atoms with Crippen LogP contribution in [0, 0.1) is 0 Å². The number of carbonyl (C=O) groups excluding carboxylic acids is 2. The Labute approximate surface area is 131 Å². The van der Waals surface area contributed by atoms with Gasteiger partial charge in [-0.3, -0.25) is 9.59 Å². The number of amides is 1. The molecule has 3 rings (SSSR count). The van der Waals surface area contributed by atoms with Gasteiger partial charge < -0.3 is 14.6 Å². The highest BCUT2D eigenvalue weighted by molar-refractivity contribution is 5.96. The number of aromatic amines is 1. The molecule has 118 valence electrons. The predicted molar refractivity (Wildman–Crippen MR) is 81.1 cm³/mol. The number of hydrogen-bond acceptors (Lipinski definition) is 5. The Hall–Kier alpha value is -2.96. The maximum atomic E-state index is 12.5. The smallest absolute Gasteiger partial charge is 0.337 e. The number of carbonyl (C=O) groups is 2. The topological polar surface area (TPSA) is 92.4 Å². The number of methoxy groups -OCH3 is 1. The second-order valence-electron chi connectivity index (χ2n) is 5.20. The van der Waals surface area contributed by atoms with Crippen molar-refractivity contribution in [2.75, 3.05) is 13.7 Å². The molecule has 0 spiro atoms. The van der Waals surface area contributed by atoms with Crippen LogP contribution in [0.25, 0.3) is 0 Å². The number of hydrogen-bond donors (Lipinski definition) is 1. The first-order valence-corrected chi connectivity index (χ1v) is 7.13. The number of aromatic nitrogens is 2. The molecule has 2 aromatic rings. The van der Waals surface area contributed by atoms with Gasteiger partial charge in [0.25, 0.3) is 11.5 Å². The minimum Gasteiger partial charge on any atom is -0.465 e. The molecule has 7 nitrogen and oxygen atoms in total. The Balaban J connectivity index is 1.80. The summed E-state index contributed by atoms with van der Waals surface area (Å²) in [6, 6.07) is 6.26. The first-order chi connectivity index (χ1) is 11.1. The summed E-state index contributed by atoms with van der Waals surface area (Å²) in [6.45, 7) is 0.733. The van der Waals surface area contributed by atoms with E-state index in [1.807, 2.05) is 0 Å². The molecule has 0 unspecified atom stereocenters. The van der Waals surface area contributed by atoms with E-state index in [9.17, 15) is 14.4 Å². The standard InChI is InChI=1S/C16H15N3O4/c1-23-16(22)11-4-2-10(3-5-11)15(21)19-7-6-13-12(8-19)14(20)18-9-17-13/h2-5,9H,6-8H2,1H3,(H,17,18,20). The van der Waals surface area contributed by atoms with E-state index in [-0.39, 0.29) is 18.0 Å². The van der Waals surface area contributed by atoms with Crippen LogP contribution >= 0.6 is 0 Å². The van der Waals surface area contributed by atoms with Crippen molar-refractivity contribution in [3.8, 4) is 0 Å². The van der Waals surface area contributed by atoms with Gasteiger partial charge in [-0.1, -0.05) is 0 Å². The van der Waals surface area contributed by atoms with E-state index in [0.717, 1.165) is 5.69 Å². The van der Waals surface area contributed by atoms with E-state index in [4.69, 9.17) is 0 Å². The molecule has 7 heteroatoms. The summed E-state index contributed by atoms with van der Waals surface area (Å²) in [5.41, 5.74) is 1.89. The number of ether oxygens (including phenoxy) is 1. The van der Waals surface area contributed by atoms with Gasteiger partial charge in [0.05, 0.1) is 36.8 Å². The van der Waals surface area contributed by atoms with Crippen LogP contribution in [0.2, 0.25) is 0 Å². The molecular formula is C16H15N3O4. The van der Waals surface area contributed by atoms with Crippen molar-refractivity contribution in [1.82, 2.24) is 14.9 Å². The normalized spacial score (nSPS) is 13.3. The van der Waals surface area contributed by atoms with E-state index in [1.54, 1.807) is 29.2 Å². The molecule has 1 aromatic heterocycles. The number of benzene rings is 1. The molecular weight excluding hydrogens is 298 g/mol. The van der Waals surface area contributed by atoms with Gasteiger partial charge >= 0.3 is 5.97 Å². The number of nitrogens with zero attached hydrogens (tertiary/aromatic N) is 2. The average Bonchev–Trinajstić information content (AvgIpc) is 2.60. The van der Waals surface area contributed by atoms with Crippen molar-refractivity contribution < 1.29 is 14.3 Å². The van der Waals surface area contributed by atoms with Crippen LogP contribution in [0.1, 0.15) is 32.0 Å². The van der Waals surface area contributed by atoms with Gasteiger partial charge in [-0.2, -0.15) is 0 Å². The monoisotopic (exact) mass is 313 g/mol. The predicted octanol–water partition coefficient (Wildman–Crippen LogP) is 0.755. The van der Waals surface area contributed by atoms with Gasteiger partial charge in [0.15, 0.2) is 0 Å². The Morgan fingerprint density at radius 1 is 1.22 bits per heavy atom. The molecule has 0 saturated heterocycles. The zero-order valence-corrected chi connectivity index (χ0v) is 12.5. The van der Waals surface area contributed by atoms with Gasteiger partial charge in [-0.25, -0.2) is 9.78 Å². The van der Waals surface area contributed by atoms with Gasteiger partial charge in [-0.05, 0) is 24.3 Å². The minimum atomic E-state index is -0.450. The third kappa shape index (κ3) is 2.85. The molecule has 0 saturated carbocycles. The van der Waals surface area contributed by atoms with Gasteiger partial charge in [0.1, 0.15) is 0 Å². The highest BCUT2D eigenvalue weighted by Crippen LogP contribution is 2.16. The second kappa shape index (κ2) is 6.04. The maximum Gasteiger partial charge on any atom is 0.337 e. The number of rotatable bonds is 2. The highest BCUT2D eigenvalue weighted by atomic mass is 16.5. The summed E-state index contributed by atoms with van der Waals surface area (Å²) in [6.07, 6.45) is 1.93. The summed E-state index contributed by atoms with van der Waals surface area (Å²) in [4.78, 5) is 44.1. The molecule has 1 aliphatic heterocycles. The molecule has 1 N–H and O–H groups in total. The van der Waals surface area contributed by atoms with Crippen molar-refractivity contribution in [2.24, 2.45) is 0 Å². The molecule has 1 aromatic carbocycles. The van der Waals surface area contributed by atoms with Crippen molar-refractivity contribution in [3.63, 3.8) is 0 Å². The number of esters is 1. The van der Waals surface area contributed by atoms with E-state index in [0.29, 0.717) is 29.7 Å². The Kier molecular flexibility index (Phi) is 3.92. The van der Waals surface area contributed by atoms with Gasteiger partial charge in [0.2, 0.25) is 0 Å². The van der Waals surface area contributed by atoms with Crippen LogP contribution < -0.4 is 5.56 Å². The van der Waals surface area contributed by atoms with Crippen molar-refractivity contribution in [2.45, 2.75) is 13.0 Å². The minimum absolute atomic E-state index is 0.185. The Bertz CT molecular complexity index is 811. The van der Waals surface area contributed by atoms with Gasteiger partial charge in [-0.15, -0.1) is 0 Å².